The molecular formula is C7H2Cl2FIN2S. The van der Waals surface area contributed by atoms with Crippen molar-refractivity contribution in [1.82, 2.24) is 8.96 Å². The molecule has 2 rings (SSSR count). The van der Waals surface area contributed by atoms with Crippen LogP contribution >= 0.6 is 53.5 Å². The molecule has 0 N–H and O–H groups in total. The Morgan fingerprint density at radius 3 is 2.86 bits per heavy atom. The molecule has 0 aromatic carbocycles. The van der Waals surface area contributed by atoms with Crippen LogP contribution in [0.25, 0.3) is 11.0 Å². The largest absolute Gasteiger partial charge is 0.266 e. The SMILES string of the molecule is Fc1c(Cl)c(Cl)nc2c1ccn2SI. The van der Waals surface area contributed by atoms with Crippen molar-refractivity contribution >= 4 is 64.6 Å². The van der Waals surface area contributed by atoms with Gasteiger partial charge in [-0.15, -0.1) is 0 Å². The van der Waals surface area contributed by atoms with Gasteiger partial charge in [0, 0.05) is 36.5 Å². The highest BCUT2D eigenvalue weighted by Crippen LogP contribution is 2.32. The first-order valence-corrected chi connectivity index (χ1v) is 7.53. The second-order valence-corrected chi connectivity index (χ2v) is 4.93. The smallest absolute Gasteiger partial charge is 0.155 e. The number of hydrogen-bond acceptors (Lipinski definition) is 2. The fraction of sp³-hybridized carbons (Fsp3) is 0. The van der Waals surface area contributed by atoms with Gasteiger partial charge in [0.25, 0.3) is 0 Å². The minimum absolute atomic E-state index is 0.0120. The van der Waals surface area contributed by atoms with E-state index in [1.807, 2.05) is 0 Å². The molecule has 0 saturated heterocycles. The predicted molar refractivity (Wildman–Crippen MR) is 66.7 cm³/mol. The highest BCUT2D eigenvalue weighted by molar-refractivity contribution is 14.2. The Hall–Kier alpha value is 0.280. The Kier molecular flexibility index (Phi) is 3.11. The van der Waals surface area contributed by atoms with E-state index < -0.39 is 5.82 Å². The summed E-state index contributed by atoms with van der Waals surface area (Å²) in [6.07, 6.45) is 1.71. The molecule has 0 fully saturated rings. The van der Waals surface area contributed by atoms with Gasteiger partial charge >= 0.3 is 0 Å². The number of pyridine rings is 1. The van der Waals surface area contributed by atoms with E-state index in [0.717, 1.165) is 0 Å². The number of hydrogen-bond donors (Lipinski definition) is 0. The second kappa shape index (κ2) is 4.03. The monoisotopic (exact) mass is 362 g/mol. The minimum Gasteiger partial charge on any atom is -0.266 e. The minimum atomic E-state index is -0.522. The van der Waals surface area contributed by atoms with Crippen LogP contribution < -0.4 is 0 Å². The van der Waals surface area contributed by atoms with Crippen LogP contribution in [0.4, 0.5) is 4.39 Å². The zero-order chi connectivity index (χ0) is 10.3. The van der Waals surface area contributed by atoms with Crippen LogP contribution in [-0.2, 0) is 0 Å². The lowest BCUT2D eigenvalue weighted by molar-refractivity contribution is 0.639. The van der Waals surface area contributed by atoms with Crippen LogP contribution in [0.1, 0.15) is 0 Å². The first kappa shape index (κ1) is 10.8. The van der Waals surface area contributed by atoms with Crippen molar-refractivity contribution in [1.29, 1.82) is 0 Å². The van der Waals surface area contributed by atoms with Crippen molar-refractivity contribution in [2.24, 2.45) is 0 Å². The van der Waals surface area contributed by atoms with Gasteiger partial charge in [-0.25, -0.2) is 9.37 Å². The predicted octanol–water partition coefficient (Wildman–Crippen LogP) is 4.33. The van der Waals surface area contributed by atoms with Crippen molar-refractivity contribution in [2.75, 3.05) is 0 Å². The van der Waals surface area contributed by atoms with Gasteiger partial charge < -0.3 is 0 Å². The molecule has 0 bridgehead atoms. The standard InChI is InChI=1S/C7H2Cl2FIN2S/c8-4-5(10)3-1-2-13(14-11)7(3)12-6(4)9/h1-2H. The van der Waals surface area contributed by atoms with E-state index in [-0.39, 0.29) is 10.2 Å². The van der Waals surface area contributed by atoms with Crippen LogP contribution in [-0.4, -0.2) is 8.96 Å². The van der Waals surface area contributed by atoms with E-state index in [9.17, 15) is 4.39 Å². The molecule has 7 heteroatoms. The number of rotatable bonds is 1. The zero-order valence-electron chi connectivity index (χ0n) is 6.47. The van der Waals surface area contributed by atoms with Crippen molar-refractivity contribution in [3.05, 3.63) is 28.3 Å². The second-order valence-electron chi connectivity index (χ2n) is 2.48. The molecule has 0 atom stereocenters. The molecule has 0 radical (unpaired) electrons. The number of fused-ring (bicyclic) bond motifs is 1. The molecule has 0 aliphatic carbocycles. The van der Waals surface area contributed by atoms with E-state index in [4.69, 9.17) is 23.2 Å². The molecule has 0 aliphatic heterocycles. The molecule has 2 aromatic heterocycles. The number of aromatic nitrogens is 2. The summed E-state index contributed by atoms with van der Waals surface area (Å²) in [6.45, 7) is 0. The van der Waals surface area contributed by atoms with E-state index in [1.54, 1.807) is 16.2 Å². The maximum atomic E-state index is 13.5. The molecule has 74 valence electrons. The first-order chi connectivity index (χ1) is 6.65. The van der Waals surface area contributed by atoms with E-state index in [1.165, 1.54) is 9.12 Å². The van der Waals surface area contributed by atoms with Crippen molar-refractivity contribution < 1.29 is 4.39 Å². The Balaban J connectivity index is 2.86. The fourth-order valence-electron chi connectivity index (χ4n) is 1.09. The Bertz CT molecular complexity index is 502. The summed E-state index contributed by atoms with van der Waals surface area (Å²) >= 11 is 13.4. The van der Waals surface area contributed by atoms with Crippen molar-refractivity contribution in [2.45, 2.75) is 0 Å². The van der Waals surface area contributed by atoms with Gasteiger partial charge in [0.05, 0.1) is 5.39 Å². The normalized spacial score (nSPS) is 11.1. The third kappa shape index (κ3) is 1.60. The van der Waals surface area contributed by atoms with Crippen LogP contribution in [0, 0.1) is 5.82 Å². The maximum absolute atomic E-state index is 13.5. The lowest BCUT2D eigenvalue weighted by atomic mass is 10.3. The highest BCUT2D eigenvalue weighted by Gasteiger charge is 2.14. The molecule has 2 aromatic rings. The summed E-state index contributed by atoms with van der Waals surface area (Å²) < 4.78 is 15.2. The van der Waals surface area contributed by atoms with Gasteiger partial charge in [-0.05, 0) is 6.07 Å². The van der Waals surface area contributed by atoms with E-state index in [2.05, 4.69) is 26.2 Å². The lowest BCUT2D eigenvalue weighted by Crippen LogP contribution is -1.89. The zero-order valence-corrected chi connectivity index (χ0v) is 11.0. The number of nitrogens with zero attached hydrogens (tertiary/aromatic N) is 2. The molecule has 0 aliphatic rings. The average Bonchev–Trinajstić information content (AvgIpc) is 2.57. The van der Waals surface area contributed by atoms with Crippen molar-refractivity contribution in [3.8, 4) is 0 Å². The van der Waals surface area contributed by atoms with Crippen LogP contribution in [0.2, 0.25) is 10.2 Å². The summed E-state index contributed by atoms with van der Waals surface area (Å²) in [6, 6.07) is 1.62. The van der Waals surface area contributed by atoms with Gasteiger partial charge in [-0.2, -0.15) is 0 Å². The van der Waals surface area contributed by atoms with Crippen LogP contribution in [0.15, 0.2) is 12.3 Å². The quantitative estimate of drug-likeness (QED) is 0.555. The summed E-state index contributed by atoms with van der Waals surface area (Å²) in [5.41, 5.74) is 0.483. The molecular weight excluding hydrogens is 361 g/mol. The molecule has 0 amide bonds. The fourth-order valence-corrected chi connectivity index (χ4v) is 2.67. The van der Waals surface area contributed by atoms with Crippen LogP contribution in [0.5, 0.6) is 0 Å². The molecule has 0 unspecified atom stereocenters. The van der Waals surface area contributed by atoms with Crippen LogP contribution in [0.3, 0.4) is 0 Å². The topological polar surface area (TPSA) is 17.8 Å². The lowest BCUT2D eigenvalue weighted by Gasteiger charge is -2.00. The van der Waals surface area contributed by atoms with Crippen molar-refractivity contribution in [3.63, 3.8) is 0 Å². The summed E-state index contributed by atoms with van der Waals surface area (Å²) in [5.74, 6) is -0.522. The van der Waals surface area contributed by atoms with Gasteiger partial charge in [-0.3, -0.25) is 3.97 Å². The van der Waals surface area contributed by atoms with Gasteiger partial charge in [0.15, 0.2) is 16.6 Å². The summed E-state index contributed by atoms with van der Waals surface area (Å²) in [7, 11) is 1.38. The third-order valence-corrected chi connectivity index (χ3v) is 4.15. The van der Waals surface area contributed by atoms with Gasteiger partial charge in [0.1, 0.15) is 5.02 Å². The van der Waals surface area contributed by atoms with Gasteiger partial charge in [-0.1, -0.05) is 23.2 Å². The average molecular weight is 363 g/mol. The first-order valence-electron chi connectivity index (χ1n) is 3.45. The molecule has 0 spiro atoms. The highest BCUT2D eigenvalue weighted by atomic mass is 127. The molecule has 14 heavy (non-hydrogen) atoms. The molecule has 2 heterocycles. The Morgan fingerprint density at radius 1 is 1.50 bits per heavy atom. The van der Waals surface area contributed by atoms with E-state index >= 15 is 0 Å². The molecule has 0 saturated carbocycles. The number of halogens is 4. The maximum Gasteiger partial charge on any atom is 0.155 e. The third-order valence-electron chi connectivity index (χ3n) is 1.71. The summed E-state index contributed by atoms with van der Waals surface area (Å²) in [4.78, 5) is 4.00. The van der Waals surface area contributed by atoms with Gasteiger partial charge in [0.2, 0.25) is 0 Å². The van der Waals surface area contributed by atoms with E-state index in [0.29, 0.717) is 11.0 Å². The summed E-state index contributed by atoms with van der Waals surface area (Å²) in [5, 5.41) is 0.237. The molecule has 2 nitrogen and oxygen atoms in total. The Morgan fingerprint density at radius 2 is 2.21 bits per heavy atom. The Labute approximate surface area is 105 Å².